The first kappa shape index (κ1) is 15.8. The van der Waals surface area contributed by atoms with Gasteiger partial charge < -0.3 is 20.0 Å². The highest BCUT2D eigenvalue weighted by atomic mass is 16.3. The number of hydrogen-bond acceptors (Lipinski definition) is 4. The number of rotatable bonds is 7. The van der Waals surface area contributed by atoms with Crippen molar-refractivity contribution in [3.05, 3.63) is 0 Å². The molecule has 0 aromatic rings. The van der Waals surface area contributed by atoms with Crippen molar-refractivity contribution in [2.45, 2.75) is 52.0 Å². The third-order valence-electron chi connectivity index (χ3n) is 3.16. The molecule has 0 saturated carbocycles. The predicted octanol–water partition coefficient (Wildman–Crippen LogP) is 0.389. The molecule has 0 rings (SSSR count). The lowest BCUT2D eigenvalue weighted by atomic mass is 10.1. The van der Waals surface area contributed by atoms with Crippen molar-refractivity contribution >= 4 is 0 Å². The first-order valence-corrected chi connectivity index (χ1v) is 6.02. The van der Waals surface area contributed by atoms with E-state index in [2.05, 4.69) is 27.7 Å². The van der Waals surface area contributed by atoms with Gasteiger partial charge in [-0.25, -0.2) is 0 Å². The van der Waals surface area contributed by atoms with E-state index in [0.717, 1.165) is 0 Å². The van der Waals surface area contributed by atoms with Crippen molar-refractivity contribution in [1.29, 1.82) is 0 Å². The molecular formula is C12H28N2O2. The average molecular weight is 232 g/mol. The molecule has 0 aromatic carbocycles. The molecule has 16 heavy (non-hydrogen) atoms. The van der Waals surface area contributed by atoms with Crippen LogP contribution in [-0.4, -0.2) is 71.5 Å². The Labute approximate surface area is 99.9 Å². The lowest BCUT2D eigenvalue weighted by Gasteiger charge is -2.30. The van der Waals surface area contributed by atoms with E-state index in [1.165, 1.54) is 0 Å². The van der Waals surface area contributed by atoms with E-state index >= 15 is 0 Å². The van der Waals surface area contributed by atoms with Gasteiger partial charge in [0, 0.05) is 25.2 Å². The molecule has 0 bridgehead atoms. The summed E-state index contributed by atoms with van der Waals surface area (Å²) in [7, 11) is 3.90. The molecule has 4 nitrogen and oxygen atoms in total. The van der Waals surface area contributed by atoms with E-state index in [9.17, 15) is 10.2 Å². The second-order valence-corrected chi connectivity index (χ2v) is 5.20. The molecule has 0 amide bonds. The molecule has 0 aliphatic heterocycles. The minimum Gasteiger partial charge on any atom is -0.389 e. The van der Waals surface area contributed by atoms with E-state index in [0.29, 0.717) is 25.2 Å². The van der Waals surface area contributed by atoms with Crippen LogP contribution in [0.15, 0.2) is 0 Å². The molecule has 0 spiro atoms. The Morgan fingerprint density at radius 2 is 1.00 bits per heavy atom. The Morgan fingerprint density at radius 1 is 0.750 bits per heavy atom. The van der Waals surface area contributed by atoms with Gasteiger partial charge in [-0.1, -0.05) is 0 Å². The summed E-state index contributed by atoms with van der Waals surface area (Å²) >= 11 is 0. The minimum absolute atomic E-state index is 0.379. The van der Waals surface area contributed by atoms with Crippen molar-refractivity contribution < 1.29 is 10.2 Å². The van der Waals surface area contributed by atoms with Crippen molar-refractivity contribution in [3.8, 4) is 0 Å². The summed E-state index contributed by atoms with van der Waals surface area (Å²) in [5.74, 6) is 0. The monoisotopic (exact) mass is 232 g/mol. The van der Waals surface area contributed by atoms with Gasteiger partial charge >= 0.3 is 0 Å². The van der Waals surface area contributed by atoms with Gasteiger partial charge in [-0.05, 0) is 41.8 Å². The smallest absolute Gasteiger partial charge is 0.0938 e. The lowest BCUT2D eigenvalue weighted by molar-refractivity contribution is -0.0198. The fourth-order valence-corrected chi connectivity index (χ4v) is 1.26. The topological polar surface area (TPSA) is 46.9 Å². The van der Waals surface area contributed by atoms with Gasteiger partial charge in [0.15, 0.2) is 0 Å². The van der Waals surface area contributed by atoms with Crippen LogP contribution in [0, 0.1) is 0 Å². The van der Waals surface area contributed by atoms with Crippen LogP contribution in [0.1, 0.15) is 27.7 Å². The summed E-state index contributed by atoms with van der Waals surface area (Å²) < 4.78 is 0. The summed E-state index contributed by atoms with van der Waals surface area (Å²) in [5.41, 5.74) is 0. The number of hydrogen-bond donors (Lipinski definition) is 2. The molecular weight excluding hydrogens is 204 g/mol. The van der Waals surface area contributed by atoms with E-state index in [-0.39, 0.29) is 0 Å². The van der Waals surface area contributed by atoms with Crippen LogP contribution in [0.4, 0.5) is 0 Å². The minimum atomic E-state index is -0.686. The Morgan fingerprint density at radius 3 is 1.19 bits per heavy atom. The van der Waals surface area contributed by atoms with Gasteiger partial charge in [0.1, 0.15) is 0 Å². The highest BCUT2D eigenvalue weighted by molar-refractivity contribution is 4.75. The van der Waals surface area contributed by atoms with Gasteiger partial charge in [-0.2, -0.15) is 0 Å². The van der Waals surface area contributed by atoms with Crippen LogP contribution >= 0.6 is 0 Å². The Balaban J connectivity index is 4.03. The Kier molecular flexibility index (Phi) is 7.15. The second-order valence-electron chi connectivity index (χ2n) is 5.20. The summed E-state index contributed by atoms with van der Waals surface area (Å²) in [4.78, 5) is 4.06. The third kappa shape index (κ3) is 5.80. The quantitative estimate of drug-likeness (QED) is 0.666. The van der Waals surface area contributed by atoms with Crippen molar-refractivity contribution in [2.75, 3.05) is 27.2 Å². The number of aliphatic hydroxyl groups is 2. The van der Waals surface area contributed by atoms with Crippen LogP contribution in [0.2, 0.25) is 0 Å². The zero-order valence-electron chi connectivity index (χ0n) is 11.5. The fraction of sp³-hybridized carbons (Fsp3) is 1.00. The number of aliphatic hydroxyl groups excluding tert-OH is 2. The highest BCUT2D eigenvalue weighted by Gasteiger charge is 2.21. The van der Waals surface area contributed by atoms with Gasteiger partial charge in [0.2, 0.25) is 0 Å². The molecule has 2 atom stereocenters. The highest BCUT2D eigenvalue weighted by Crippen LogP contribution is 2.03. The molecule has 0 unspecified atom stereocenters. The van der Waals surface area contributed by atoms with Crippen LogP contribution < -0.4 is 0 Å². The molecule has 0 aliphatic rings. The zero-order chi connectivity index (χ0) is 12.9. The molecule has 0 fully saturated rings. The van der Waals surface area contributed by atoms with Gasteiger partial charge in [-0.15, -0.1) is 0 Å². The summed E-state index contributed by atoms with van der Waals surface area (Å²) in [6, 6.07) is 0.759. The number of likely N-dealkylation sites (N-methyl/N-ethyl adjacent to an activating group) is 2. The Bertz CT molecular complexity index is 166. The lowest BCUT2D eigenvalue weighted by Crippen LogP contribution is -2.45. The normalized spacial score (nSPS) is 16.5. The molecule has 4 heteroatoms. The maximum Gasteiger partial charge on any atom is 0.0938 e. The first-order chi connectivity index (χ1) is 7.25. The zero-order valence-corrected chi connectivity index (χ0v) is 11.5. The predicted molar refractivity (Wildman–Crippen MR) is 67.5 cm³/mol. The summed E-state index contributed by atoms with van der Waals surface area (Å²) in [6.07, 6.45) is -1.37. The van der Waals surface area contributed by atoms with Crippen LogP contribution in [0.5, 0.6) is 0 Å². The van der Waals surface area contributed by atoms with E-state index in [1.54, 1.807) is 0 Å². The van der Waals surface area contributed by atoms with Crippen LogP contribution in [0.3, 0.4) is 0 Å². The first-order valence-electron chi connectivity index (χ1n) is 6.02. The standard InChI is InChI=1S/C12H28N2O2/c1-9(2)13(5)7-11(15)12(16)8-14(6)10(3)4/h9-12,15-16H,7-8H2,1-6H3/t11-,12-/m1/s1. The van der Waals surface area contributed by atoms with Crippen molar-refractivity contribution in [1.82, 2.24) is 9.80 Å². The molecule has 0 aromatic heterocycles. The van der Waals surface area contributed by atoms with E-state index in [1.807, 2.05) is 23.9 Å². The molecule has 0 radical (unpaired) electrons. The maximum absolute atomic E-state index is 9.85. The van der Waals surface area contributed by atoms with Crippen LogP contribution in [-0.2, 0) is 0 Å². The van der Waals surface area contributed by atoms with E-state index in [4.69, 9.17) is 0 Å². The SMILES string of the molecule is CC(C)N(C)C[C@@H](O)[C@H](O)CN(C)C(C)C. The van der Waals surface area contributed by atoms with Gasteiger partial charge in [0.25, 0.3) is 0 Å². The molecule has 98 valence electrons. The van der Waals surface area contributed by atoms with E-state index < -0.39 is 12.2 Å². The second kappa shape index (κ2) is 7.22. The largest absolute Gasteiger partial charge is 0.389 e. The summed E-state index contributed by atoms with van der Waals surface area (Å²) in [6.45, 7) is 9.28. The molecule has 2 N–H and O–H groups in total. The number of nitrogens with zero attached hydrogens (tertiary/aromatic N) is 2. The molecule has 0 saturated heterocycles. The van der Waals surface area contributed by atoms with Gasteiger partial charge in [-0.3, -0.25) is 0 Å². The third-order valence-corrected chi connectivity index (χ3v) is 3.16. The molecule has 0 heterocycles. The van der Waals surface area contributed by atoms with Crippen molar-refractivity contribution in [2.24, 2.45) is 0 Å². The van der Waals surface area contributed by atoms with Gasteiger partial charge in [0.05, 0.1) is 12.2 Å². The average Bonchev–Trinajstić information content (AvgIpc) is 2.16. The Hall–Kier alpha value is -0.160. The fourth-order valence-electron chi connectivity index (χ4n) is 1.26. The van der Waals surface area contributed by atoms with Crippen LogP contribution in [0.25, 0.3) is 0 Å². The molecule has 0 aliphatic carbocycles. The summed E-state index contributed by atoms with van der Waals surface area (Å²) in [5, 5.41) is 19.7. The van der Waals surface area contributed by atoms with Crippen molar-refractivity contribution in [3.63, 3.8) is 0 Å². The maximum atomic E-state index is 9.85.